The molecule has 15 heteroatoms. The number of halogens is 3. The number of nitrogens with zero attached hydrogens (tertiary/aromatic N) is 3. The van der Waals surface area contributed by atoms with E-state index >= 15 is 0 Å². The lowest BCUT2D eigenvalue weighted by atomic mass is 9.93. The monoisotopic (exact) mass is 612 g/mol. The van der Waals surface area contributed by atoms with Crippen molar-refractivity contribution in [1.82, 2.24) is 15.1 Å². The first-order valence-corrected chi connectivity index (χ1v) is 14.8. The van der Waals surface area contributed by atoms with Crippen LogP contribution in [0.5, 0.6) is 5.75 Å². The van der Waals surface area contributed by atoms with Gasteiger partial charge in [-0.15, -0.1) is 0 Å². The summed E-state index contributed by atoms with van der Waals surface area (Å²) in [6.45, 7) is 2.09. The second-order valence-electron chi connectivity index (χ2n) is 9.84. The van der Waals surface area contributed by atoms with E-state index in [0.717, 1.165) is 6.26 Å². The lowest BCUT2D eigenvalue weighted by Gasteiger charge is -2.22. The van der Waals surface area contributed by atoms with Gasteiger partial charge in [0.05, 0.1) is 31.9 Å². The molecule has 0 bridgehead atoms. The van der Waals surface area contributed by atoms with Gasteiger partial charge in [0.25, 0.3) is 16.0 Å². The minimum atomic E-state index is -4.86. The van der Waals surface area contributed by atoms with Gasteiger partial charge >= 0.3 is 12.1 Å². The molecule has 11 nitrogen and oxygen atoms in total. The fourth-order valence-corrected chi connectivity index (χ4v) is 5.12. The highest BCUT2D eigenvalue weighted by atomic mass is 32.2. The number of carbonyl (C=O) groups is 2. The molecule has 1 unspecified atom stereocenters. The Kier molecular flexibility index (Phi) is 9.30. The minimum Gasteiger partial charge on any atom is -0.491 e. The zero-order valence-corrected chi connectivity index (χ0v) is 24.0. The van der Waals surface area contributed by atoms with Gasteiger partial charge in [-0.2, -0.15) is 26.7 Å². The molecule has 2 aromatic rings. The molecule has 2 aliphatic rings. The Bertz CT molecular complexity index is 1500. The fourth-order valence-electron chi connectivity index (χ4n) is 4.75. The Morgan fingerprint density at radius 1 is 1.21 bits per heavy atom. The van der Waals surface area contributed by atoms with Gasteiger partial charge < -0.3 is 19.7 Å². The molecule has 0 radical (unpaired) electrons. The number of rotatable bonds is 11. The van der Waals surface area contributed by atoms with Gasteiger partial charge in [-0.3, -0.25) is 13.8 Å². The largest absolute Gasteiger partial charge is 0.491 e. The first kappa shape index (κ1) is 31.1. The molecule has 0 saturated heterocycles. The Labute approximate surface area is 241 Å². The highest BCUT2D eigenvalue weighted by molar-refractivity contribution is 7.85. The third-order valence-corrected chi connectivity index (χ3v) is 7.30. The lowest BCUT2D eigenvalue weighted by molar-refractivity contribution is -0.143. The number of benzene rings is 1. The van der Waals surface area contributed by atoms with Crippen molar-refractivity contribution >= 4 is 27.8 Å². The minimum absolute atomic E-state index is 0.0284. The molecule has 228 valence electrons. The predicted octanol–water partition coefficient (Wildman–Crippen LogP) is 3.07. The highest BCUT2D eigenvalue weighted by Crippen LogP contribution is 2.38. The molecule has 1 N–H and O–H groups in total. The van der Waals surface area contributed by atoms with Crippen molar-refractivity contribution < 1.29 is 44.8 Å². The number of allylic oxidation sites excluding steroid dienone is 1. The summed E-state index contributed by atoms with van der Waals surface area (Å²) in [5.41, 5.74) is -0.493. The number of hydrogen-bond donors (Lipinski definition) is 1. The number of fused-ring (bicyclic) bond motifs is 1. The summed E-state index contributed by atoms with van der Waals surface area (Å²) in [5, 5.41) is 6.40. The maximum atomic E-state index is 14.0. The van der Waals surface area contributed by atoms with Gasteiger partial charge in [0, 0.05) is 13.1 Å². The summed E-state index contributed by atoms with van der Waals surface area (Å²) in [5.74, 6) is -1.31. The SMILES string of the molecule is COC(=O)C1C=CC([C@H](C)NC(=O)c2c(C(F)(F)F)nn3c2N(Cc2cccc(OCCOS(C)(=O)=O)c2)CC3)=CC1. The van der Waals surface area contributed by atoms with Gasteiger partial charge in [0.2, 0.25) is 0 Å². The van der Waals surface area contributed by atoms with Gasteiger partial charge in [0.15, 0.2) is 5.69 Å². The maximum Gasteiger partial charge on any atom is 0.436 e. The molecule has 1 amide bonds. The standard InChI is InChI=1S/C27H31F3N4O7S/c1-17(19-7-9-20(10-8-19)26(36)39-2)31-24(35)22-23(27(28,29)30)32-34-12-11-33(25(22)34)16-18-5-4-6-21(15-18)40-13-14-41-42(3,37)38/h4-9,15,17,20H,10-14,16H2,1-3H3,(H,31,35)/t17-,20?/m0/s1. The van der Waals surface area contributed by atoms with E-state index in [1.165, 1.54) is 11.8 Å². The number of aromatic nitrogens is 2. The topological polar surface area (TPSA) is 129 Å². The molecule has 1 aliphatic carbocycles. The van der Waals surface area contributed by atoms with Crippen molar-refractivity contribution in [3.05, 3.63) is 64.9 Å². The molecule has 2 atom stereocenters. The maximum absolute atomic E-state index is 14.0. The second kappa shape index (κ2) is 12.6. The second-order valence-corrected chi connectivity index (χ2v) is 11.5. The number of carbonyl (C=O) groups excluding carboxylic acids is 2. The van der Waals surface area contributed by atoms with E-state index in [4.69, 9.17) is 9.47 Å². The molecule has 0 spiro atoms. The van der Waals surface area contributed by atoms with Crippen LogP contribution in [0.1, 0.15) is 35.0 Å². The zero-order valence-electron chi connectivity index (χ0n) is 23.2. The molecular formula is C27H31F3N4O7S. The van der Waals surface area contributed by atoms with Crippen LogP contribution in [0.2, 0.25) is 0 Å². The van der Waals surface area contributed by atoms with Gasteiger partial charge in [0.1, 0.15) is 30.3 Å². The smallest absolute Gasteiger partial charge is 0.436 e. The summed E-state index contributed by atoms with van der Waals surface area (Å²) < 4.78 is 80.4. The molecule has 1 aromatic heterocycles. The number of alkyl halides is 3. The normalized spacial score (nSPS) is 17.4. The Balaban J connectivity index is 1.51. The lowest BCUT2D eigenvalue weighted by Crippen LogP contribution is -2.36. The van der Waals surface area contributed by atoms with Gasteiger partial charge in [-0.25, -0.2) is 4.68 Å². The van der Waals surface area contributed by atoms with Crippen LogP contribution in [0.4, 0.5) is 19.0 Å². The Hall–Kier alpha value is -3.85. The van der Waals surface area contributed by atoms with E-state index in [1.807, 2.05) is 0 Å². The average molecular weight is 613 g/mol. The van der Waals surface area contributed by atoms with Gasteiger partial charge in [-0.1, -0.05) is 30.4 Å². The van der Waals surface area contributed by atoms with Crippen LogP contribution >= 0.6 is 0 Å². The molecule has 42 heavy (non-hydrogen) atoms. The number of methoxy groups -OCH3 is 1. The molecular weight excluding hydrogens is 581 g/mol. The third-order valence-electron chi connectivity index (χ3n) is 6.70. The van der Waals surface area contributed by atoms with E-state index < -0.39 is 51.4 Å². The van der Waals surface area contributed by atoms with Crippen molar-refractivity contribution in [1.29, 1.82) is 0 Å². The molecule has 1 aromatic carbocycles. The van der Waals surface area contributed by atoms with E-state index in [9.17, 15) is 31.2 Å². The number of nitrogens with one attached hydrogen (secondary N) is 1. The average Bonchev–Trinajstić information content (AvgIpc) is 3.51. The highest BCUT2D eigenvalue weighted by Gasteiger charge is 2.44. The van der Waals surface area contributed by atoms with Crippen LogP contribution < -0.4 is 15.0 Å². The zero-order chi connectivity index (χ0) is 30.7. The van der Waals surface area contributed by atoms with Crippen LogP contribution in [0, 0.1) is 5.92 Å². The van der Waals surface area contributed by atoms with Crippen molar-refractivity contribution in [3.8, 4) is 5.75 Å². The summed E-state index contributed by atoms with van der Waals surface area (Å²) in [6.07, 6.45) is 1.45. The summed E-state index contributed by atoms with van der Waals surface area (Å²) in [7, 11) is -2.32. The van der Waals surface area contributed by atoms with E-state index in [2.05, 4.69) is 14.6 Å². The van der Waals surface area contributed by atoms with Crippen LogP contribution in [-0.2, 0) is 43.1 Å². The predicted molar refractivity (Wildman–Crippen MR) is 145 cm³/mol. The Morgan fingerprint density at radius 2 is 1.98 bits per heavy atom. The van der Waals surface area contributed by atoms with E-state index in [-0.39, 0.29) is 32.1 Å². The van der Waals surface area contributed by atoms with Crippen LogP contribution in [0.15, 0.2) is 48.1 Å². The summed E-state index contributed by atoms with van der Waals surface area (Å²) in [6, 6.07) is 6.15. The quantitative estimate of drug-likeness (QED) is 0.231. The number of esters is 1. The van der Waals surface area contributed by atoms with Crippen LogP contribution in [0.25, 0.3) is 0 Å². The molecule has 0 fully saturated rings. The van der Waals surface area contributed by atoms with E-state index in [1.54, 1.807) is 54.3 Å². The van der Waals surface area contributed by atoms with E-state index in [0.29, 0.717) is 29.9 Å². The molecule has 4 rings (SSSR count). The Morgan fingerprint density at radius 3 is 2.62 bits per heavy atom. The van der Waals surface area contributed by atoms with Crippen molar-refractivity contribution in [2.75, 3.05) is 38.0 Å². The van der Waals surface area contributed by atoms with Crippen molar-refractivity contribution in [2.45, 2.75) is 38.7 Å². The van der Waals surface area contributed by atoms with Crippen molar-refractivity contribution in [3.63, 3.8) is 0 Å². The van der Waals surface area contributed by atoms with Crippen LogP contribution in [-0.4, -0.2) is 69.2 Å². The molecule has 2 heterocycles. The van der Waals surface area contributed by atoms with Crippen LogP contribution in [0.3, 0.4) is 0 Å². The number of anilines is 1. The molecule has 0 saturated carbocycles. The summed E-state index contributed by atoms with van der Waals surface area (Å²) in [4.78, 5) is 26.8. The molecule has 1 aliphatic heterocycles. The number of hydrogen-bond acceptors (Lipinski definition) is 9. The first-order valence-electron chi connectivity index (χ1n) is 13.0. The number of amides is 1. The number of ether oxygens (including phenoxy) is 2. The van der Waals surface area contributed by atoms with Gasteiger partial charge in [-0.05, 0) is 36.6 Å². The van der Waals surface area contributed by atoms with Crippen molar-refractivity contribution in [2.24, 2.45) is 5.92 Å². The fraction of sp³-hybridized carbons (Fsp3) is 0.444. The first-order chi connectivity index (χ1) is 19.8. The summed E-state index contributed by atoms with van der Waals surface area (Å²) >= 11 is 0. The third kappa shape index (κ3) is 7.50.